The van der Waals surface area contributed by atoms with Crippen molar-refractivity contribution in [2.75, 3.05) is 23.9 Å². The van der Waals surface area contributed by atoms with Crippen molar-refractivity contribution in [3.8, 4) is 0 Å². The summed E-state index contributed by atoms with van der Waals surface area (Å²) in [5, 5.41) is 3.85. The topological polar surface area (TPSA) is 79.4 Å². The minimum absolute atomic E-state index is 0.0298. The molecule has 0 spiro atoms. The van der Waals surface area contributed by atoms with Crippen LogP contribution in [0.1, 0.15) is 22.3 Å². The minimum Gasteiger partial charge on any atom is -0.366 e. The second-order valence-electron chi connectivity index (χ2n) is 6.38. The molecule has 1 atom stereocenters. The first-order valence-electron chi connectivity index (χ1n) is 8.26. The van der Waals surface area contributed by atoms with E-state index in [1.165, 1.54) is 4.90 Å². The molecule has 0 bridgehead atoms. The van der Waals surface area contributed by atoms with Crippen LogP contribution in [-0.2, 0) is 16.4 Å². The number of hydrogen-bond donors (Lipinski definition) is 1. The van der Waals surface area contributed by atoms with Crippen LogP contribution < -0.4 is 5.32 Å². The van der Waals surface area contributed by atoms with E-state index in [0.717, 1.165) is 5.56 Å². The van der Waals surface area contributed by atoms with Crippen LogP contribution in [0.25, 0.3) is 0 Å². The van der Waals surface area contributed by atoms with Gasteiger partial charge in [-0.05, 0) is 36.2 Å². The van der Waals surface area contributed by atoms with Crippen molar-refractivity contribution in [2.24, 2.45) is 0 Å². The molecule has 1 aliphatic rings. The lowest BCUT2D eigenvalue weighted by atomic mass is 10.1. The highest BCUT2D eigenvalue weighted by molar-refractivity contribution is 7.91. The van der Waals surface area contributed by atoms with Crippen LogP contribution in [0.3, 0.4) is 0 Å². The lowest BCUT2D eigenvalue weighted by molar-refractivity contribution is 0.0747. The number of carbonyl (C=O) groups is 1. The molecule has 138 valence electrons. The number of benzene rings is 1. The Kier molecular flexibility index (Phi) is 5.48. The number of halogens is 1. The summed E-state index contributed by atoms with van der Waals surface area (Å²) in [6, 6.07) is 10.5. The fourth-order valence-corrected chi connectivity index (χ4v) is 4.81. The second kappa shape index (κ2) is 7.63. The first-order chi connectivity index (χ1) is 12.3. The highest BCUT2D eigenvalue weighted by atomic mass is 35.5. The summed E-state index contributed by atoms with van der Waals surface area (Å²) in [6.45, 7) is 0.554. The van der Waals surface area contributed by atoms with Crippen LogP contribution in [0.4, 0.5) is 5.82 Å². The third kappa shape index (κ3) is 4.53. The fraction of sp³-hybridized carbons (Fsp3) is 0.333. The molecule has 1 aromatic carbocycles. The van der Waals surface area contributed by atoms with E-state index in [4.69, 9.17) is 11.6 Å². The van der Waals surface area contributed by atoms with Crippen molar-refractivity contribution in [3.63, 3.8) is 0 Å². The zero-order valence-corrected chi connectivity index (χ0v) is 15.9. The number of carbonyl (C=O) groups excluding carboxylic acids is 1. The second-order valence-corrected chi connectivity index (χ2v) is 9.05. The molecule has 1 aromatic heterocycles. The molecule has 1 aliphatic heterocycles. The number of pyridine rings is 1. The van der Waals surface area contributed by atoms with Gasteiger partial charge in [-0.1, -0.05) is 23.7 Å². The van der Waals surface area contributed by atoms with E-state index in [0.29, 0.717) is 29.4 Å². The Morgan fingerprint density at radius 1 is 1.31 bits per heavy atom. The van der Waals surface area contributed by atoms with Gasteiger partial charge in [-0.3, -0.25) is 4.79 Å². The lowest BCUT2D eigenvalue weighted by Gasteiger charge is -2.23. The third-order valence-corrected chi connectivity index (χ3v) is 6.47. The number of aromatic nitrogens is 1. The Morgan fingerprint density at radius 2 is 2.04 bits per heavy atom. The number of nitrogens with one attached hydrogen (secondary N) is 1. The molecule has 1 N–H and O–H groups in total. The van der Waals surface area contributed by atoms with Gasteiger partial charge in [0.25, 0.3) is 5.91 Å². The summed E-state index contributed by atoms with van der Waals surface area (Å²) in [5.41, 5.74) is 1.52. The minimum atomic E-state index is -3.03. The number of anilines is 1. The van der Waals surface area contributed by atoms with Crippen molar-refractivity contribution in [1.29, 1.82) is 0 Å². The van der Waals surface area contributed by atoms with Crippen molar-refractivity contribution in [2.45, 2.75) is 19.0 Å². The van der Waals surface area contributed by atoms with Crippen LogP contribution in [0.5, 0.6) is 0 Å². The maximum absolute atomic E-state index is 12.7. The van der Waals surface area contributed by atoms with Gasteiger partial charge in [0.05, 0.1) is 11.5 Å². The SMILES string of the molecule is CN(C(=O)c1ccnc(NCc2ccc(Cl)cc2)c1)C1CCS(=O)(=O)C1. The lowest BCUT2D eigenvalue weighted by Crippen LogP contribution is -2.37. The Balaban J connectivity index is 1.66. The number of rotatable bonds is 5. The molecular formula is C18H20ClN3O3S. The Morgan fingerprint density at radius 3 is 2.69 bits per heavy atom. The molecule has 8 heteroatoms. The van der Waals surface area contributed by atoms with Gasteiger partial charge in [0.1, 0.15) is 5.82 Å². The van der Waals surface area contributed by atoms with Crippen LogP contribution in [0, 0.1) is 0 Å². The molecule has 26 heavy (non-hydrogen) atoms. The van der Waals surface area contributed by atoms with Crippen LogP contribution in [-0.4, -0.2) is 48.8 Å². The number of sulfone groups is 1. The van der Waals surface area contributed by atoms with E-state index < -0.39 is 9.84 Å². The fourth-order valence-electron chi connectivity index (χ4n) is 2.91. The van der Waals surface area contributed by atoms with Gasteiger partial charge in [0.2, 0.25) is 0 Å². The van der Waals surface area contributed by atoms with Gasteiger partial charge in [0.15, 0.2) is 9.84 Å². The van der Waals surface area contributed by atoms with E-state index >= 15 is 0 Å². The van der Waals surface area contributed by atoms with E-state index in [1.807, 2.05) is 24.3 Å². The van der Waals surface area contributed by atoms with Crippen molar-refractivity contribution < 1.29 is 13.2 Å². The highest BCUT2D eigenvalue weighted by Crippen LogP contribution is 2.19. The number of nitrogens with zero attached hydrogens (tertiary/aromatic N) is 2. The maximum Gasteiger partial charge on any atom is 0.254 e. The smallest absolute Gasteiger partial charge is 0.254 e. The van der Waals surface area contributed by atoms with Crippen LogP contribution in [0.2, 0.25) is 5.02 Å². The predicted octanol–water partition coefficient (Wildman–Crippen LogP) is 2.61. The summed E-state index contributed by atoms with van der Waals surface area (Å²) in [5.74, 6) is 0.545. The van der Waals surface area contributed by atoms with Gasteiger partial charge in [-0.25, -0.2) is 13.4 Å². The molecule has 1 unspecified atom stereocenters. The van der Waals surface area contributed by atoms with Gasteiger partial charge in [-0.15, -0.1) is 0 Å². The first-order valence-corrected chi connectivity index (χ1v) is 10.5. The largest absolute Gasteiger partial charge is 0.366 e. The van der Waals surface area contributed by atoms with Crippen molar-refractivity contribution in [3.05, 3.63) is 58.7 Å². The maximum atomic E-state index is 12.7. The molecule has 0 radical (unpaired) electrons. The predicted molar refractivity (Wildman–Crippen MR) is 102 cm³/mol. The van der Waals surface area contributed by atoms with E-state index in [9.17, 15) is 13.2 Å². The number of amides is 1. The Hall–Kier alpha value is -2.12. The molecule has 3 rings (SSSR count). The molecule has 1 amide bonds. The van der Waals surface area contributed by atoms with Gasteiger partial charge in [-0.2, -0.15) is 0 Å². The molecule has 1 saturated heterocycles. The summed E-state index contributed by atoms with van der Waals surface area (Å²) < 4.78 is 23.3. The molecule has 2 heterocycles. The monoisotopic (exact) mass is 393 g/mol. The van der Waals surface area contributed by atoms with Crippen LogP contribution >= 0.6 is 11.6 Å². The average Bonchev–Trinajstić information content (AvgIpc) is 3.00. The molecule has 0 aliphatic carbocycles. The molecule has 0 saturated carbocycles. The summed E-state index contributed by atoms with van der Waals surface area (Å²) in [6.07, 6.45) is 2.05. The van der Waals surface area contributed by atoms with E-state index in [-0.39, 0.29) is 23.5 Å². The standard InChI is InChI=1S/C18H20ClN3O3S/c1-22(16-7-9-26(24,25)12-16)18(23)14-6-8-20-17(10-14)21-11-13-2-4-15(19)5-3-13/h2-6,8,10,16H,7,9,11-12H2,1H3,(H,20,21). The Labute approximate surface area is 158 Å². The number of hydrogen-bond acceptors (Lipinski definition) is 5. The zero-order valence-electron chi connectivity index (χ0n) is 14.4. The summed E-state index contributed by atoms with van der Waals surface area (Å²) >= 11 is 5.87. The third-order valence-electron chi connectivity index (χ3n) is 4.47. The zero-order chi connectivity index (χ0) is 18.7. The molecule has 1 fully saturated rings. The molecule has 2 aromatic rings. The quantitative estimate of drug-likeness (QED) is 0.844. The highest BCUT2D eigenvalue weighted by Gasteiger charge is 2.33. The average molecular weight is 394 g/mol. The first kappa shape index (κ1) is 18.7. The van der Waals surface area contributed by atoms with Gasteiger partial charge in [0, 0.05) is 36.4 Å². The van der Waals surface area contributed by atoms with Gasteiger partial charge >= 0.3 is 0 Å². The van der Waals surface area contributed by atoms with Crippen LogP contribution in [0.15, 0.2) is 42.6 Å². The van der Waals surface area contributed by atoms with Crippen molar-refractivity contribution in [1.82, 2.24) is 9.88 Å². The summed E-state index contributed by atoms with van der Waals surface area (Å²) in [4.78, 5) is 18.4. The van der Waals surface area contributed by atoms with E-state index in [1.54, 1.807) is 25.4 Å². The van der Waals surface area contributed by atoms with Crippen molar-refractivity contribution >= 4 is 33.2 Å². The summed E-state index contributed by atoms with van der Waals surface area (Å²) in [7, 11) is -1.39. The van der Waals surface area contributed by atoms with Gasteiger partial charge < -0.3 is 10.2 Å². The Bertz CT molecular complexity index is 900. The molecular weight excluding hydrogens is 374 g/mol. The normalized spacial score (nSPS) is 18.5. The van der Waals surface area contributed by atoms with E-state index in [2.05, 4.69) is 10.3 Å². The molecule has 6 nitrogen and oxygen atoms in total.